The zero-order valence-corrected chi connectivity index (χ0v) is 13.2. The molecule has 0 bridgehead atoms. The van der Waals surface area contributed by atoms with Crippen molar-refractivity contribution in [3.8, 4) is 5.75 Å². The monoisotopic (exact) mass is 333 g/mol. The zero-order chi connectivity index (χ0) is 14.7. The highest BCUT2D eigenvalue weighted by Gasteiger charge is 2.13. The van der Waals surface area contributed by atoms with Gasteiger partial charge in [-0.1, -0.05) is 22.0 Å². The number of methoxy groups -OCH3 is 1. The average Bonchev–Trinajstić information content (AvgIpc) is 2.43. The Morgan fingerprint density at radius 1 is 1.10 bits per heavy atom. The standard InChI is InChI=1S/C16H16BrNO2/c1-10-4-6-13(8-11(10)2)18-16(19)14-9-12(17)5-7-15(14)20-3/h4-9H,1-3H3,(H,18,19). The van der Waals surface area contributed by atoms with E-state index in [4.69, 9.17) is 4.74 Å². The van der Waals surface area contributed by atoms with Gasteiger partial charge in [0.1, 0.15) is 5.75 Å². The predicted octanol–water partition coefficient (Wildman–Crippen LogP) is 4.33. The van der Waals surface area contributed by atoms with Gasteiger partial charge in [0, 0.05) is 10.2 Å². The van der Waals surface area contributed by atoms with Crippen molar-refractivity contribution in [1.82, 2.24) is 0 Å². The molecule has 0 aliphatic heterocycles. The summed E-state index contributed by atoms with van der Waals surface area (Å²) in [6.45, 7) is 4.06. The Labute approximate surface area is 127 Å². The third-order valence-corrected chi connectivity index (χ3v) is 3.66. The summed E-state index contributed by atoms with van der Waals surface area (Å²) in [4.78, 5) is 12.3. The summed E-state index contributed by atoms with van der Waals surface area (Å²) in [6.07, 6.45) is 0. The quantitative estimate of drug-likeness (QED) is 0.907. The van der Waals surface area contributed by atoms with Gasteiger partial charge in [-0.05, 0) is 55.3 Å². The fourth-order valence-electron chi connectivity index (χ4n) is 1.88. The maximum absolute atomic E-state index is 12.3. The van der Waals surface area contributed by atoms with Crippen LogP contribution in [0.1, 0.15) is 21.5 Å². The highest BCUT2D eigenvalue weighted by molar-refractivity contribution is 9.10. The number of hydrogen-bond donors (Lipinski definition) is 1. The predicted molar refractivity (Wildman–Crippen MR) is 84.6 cm³/mol. The van der Waals surface area contributed by atoms with Gasteiger partial charge in [0.2, 0.25) is 0 Å². The summed E-state index contributed by atoms with van der Waals surface area (Å²) < 4.78 is 6.06. The van der Waals surface area contributed by atoms with E-state index in [0.29, 0.717) is 11.3 Å². The van der Waals surface area contributed by atoms with Gasteiger partial charge >= 0.3 is 0 Å². The van der Waals surface area contributed by atoms with E-state index < -0.39 is 0 Å². The molecule has 0 aromatic heterocycles. The third kappa shape index (κ3) is 3.20. The molecular weight excluding hydrogens is 318 g/mol. The minimum absolute atomic E-state index is 0.189. The number of hydrogen-bond acceptors (Lipinski definition) is 2. The molecule has 0 aliphatic rings. The van der Waals surface area contributed by atoms with Crippen LogP contribution in [0.15, 0.2) is 40.9 Å². The second kappa shape index (κ2) is 6.09. The van der Waals surface area contributed by atoms with E-state index in [-0.39, 0.29) is 5.91 Å². The van der Waals surface area contributed by atoms with Gasteiger partial charge in [0.15, 0.2) is 0 Å². The first-order valence-corrected chi connectivity index (χ1v) is 7.02. The number of ether oxygens (including phenoxy) is 1. The molecular formula is C16H16BrNO2. The van der Waals surface area contributed by atoms with Gasteiger partial charge in [-0.2, -0.15) is 0 Å². The third-order valence-electron chi connectivity index (χ3n) is 3.17. The molecule has 0 radical (unpaired) electrons. The molecule has 0 heterocycles. The largest absolute Gasteiger partial charge is 0.496 e. The van der Waals surface area contributed by atoms with Crippen LogP contribution in [0.3, 0.4) is 0 Å². The van der Waals surface area contributed by atoms with E-state index in [9.17, 15) is 4.79 Å². The summed E-state index contributed by atoms with van der Waals surface area (Å²) in [5.74, 6) is 0.362. The molecule has 20 heavy (non-hydrogen) atoms. The lowest BCUT2D eigenvalue weighted by molar-refractivity contribution is 0.102. The Morgan fingerprint density at radius 2 is 1.85 bits per heavy atom. The number of rotatable bonds is 3. The van der Waals surface area contributed by atoms with Crippen molar-refractivity contribution >= 4 is 27.5 Å². The van der Waals surface area contributed by atoms with Crippen molar-refractivity contribution in [2.24, 2.45) is 0 Å². The molecule has 0 aliphatic carbocycles. The SMILES string of the molecule is COc1ccc(Br)cc1C(=O)Nc1ccc(C)c(C)c1. The van der Waals surface area contributed by atoms with Crippen molar-refractivity contribution < 1.29 is 9.53 Å². The smallest absolute Gasteiger partial charge is 0.259 e. The topological polar surface area (TPSA) is 38.3 Å². The minimum atomic E-state index is -0.189. The second-order valence-corrected chi connectivity index (χ2v) is 5.51. The Balaban J connectivity index is 2.27. The molecule has 2 rings (SSSR count). The van der Waals surface area contributed by atoms with Crippen molar-refractivity contribution in [3.63, 3.8) is 0 Å². The van der Waals surface area contributed by atoms with Crippen LogP contribution in [0.4, 0.5) is 5.69 Å². The number of aryl methyl sites for hydroxylation is 2. The highest BCUT2D eigenvalue weighted by atomic mass is 79.9. The molecule has 0 fully saturated rings. The molecule has 0 saturated carbocycles. The summed E-state index contributed by atoms with van der Waals surface area (Å²) in [5.41, 5.74) is 3.62. The molecule has 104 valence electrons. The van der Waals surface area contributed by atoms with Crippen LogP contribution >= 0.6 is 15.9 Å². The molecule has 0 spiro atoms. The molecule has 3 nitrogen and oxygen atoms in total. The number of carbonyl (C=O) groups is 1. The number of nitrogens with one attached hydrogen (secondary N) is 1. The molecule has 2 aromatic rings. The number of anilines is 1. The van der Waals surface area contributed by atoms with Crippen LogP contribution in [0, 0.1) is 13.8 Å². The first kappa shape index (κ1) is 14.6. The first-order chi connectivity index (χ1) is 9.51. The summed E-state index contributed by atoms with van der Waals surface area (Å²) in [5, 5.41) is 2.89. The van der Waals surface area contributed by atoms with Crippen molar-refractivity contribution in [2.45, 2.75) is 13.8 Å². The molecule has 0 atom stereocenters. The van der Waals surface area contributed by atoms with E-state index in [2.05, 4.69) is 21.2 Å². The summed E-state index contributed by atoms with van der Waals surface area (Å²) in [6, 6.07) is 11.2. The molecule has 0 unspecified atom stereocenters. The van der Waals surface area contributed by atoms with Gasteiger partial charge in [0.05, 0.1) is 12.7 Å². The fourth-order valence-corrected chi connectivity index (χ4v) is 2.24. The van der Waals surface area contributed by atoms with Crippen LogP contribution in [-0.2, 0) is 0 Å². The van der Waals surface area contributed by atoms with Crippen LogP contribution in [-0.4, -0.2) is 13.0 Å². The average molecular weight is 334 g/mol. The Bertz CT molecular complexity index is 653. The van der Waals surface area contributed by atoms with Gasteiger partial charge in [-0.25, -0.2) is 0 Å². The Hall–Kier alpha value is -1.81. The van der Waals surface area contributed by atoms with Crippen LogP contribution in [0.25, 0.3) is 0 Å². The maximum atomic E-state index is 12.3. The van der Waals surface area contributed by atoms with Gasteiger partial charge in [-0.3, -0.25) is 4.79 Å². The maximum Gasteiger partial charge on any atom is 0.259 e. The number of benzene rings is 2. The number of carbonyl (C=O) groups excluding carboxylic acids is 1. The lowest BCUT2D eigenvalue weighted by atomic mass is 10.1. The normalized spacial score (nSPS) is 10.2. The van der Waals surface area contributed by atoms with E-state index >= 15 is 0 Å². The lowest BCUT2D eigenvalue weighted by Gasteiger charge is -2.11. The minimum Gasteiger partial charge on any atom is -0.496 e. The molecule has 1 N–H and O–H groups in total. The van der Waals surface area contributed by atoms with E-state index in [0.717, 1.165) is 15.7 Å². The first-order valence-electron chi connectivity index (χ1n) is 6.23. The van der Waals surface area contributed by atoms with E-state index in [1.54, 1.807) is 19.2 Å². The van der Waals surface area contributed by atoms with E-state index in [1.165, 1.54) is 5.56 Å². The van der Waals surface area contributed by atoms with Crippen molar-refractivity contribution in [2.75, 3.05) is 12.4 Å². The van der Waals surface area contributed by atoms with Gasteiger partial charge in [0.25, 0.3) is 5.91 Å². The van der Waals surface area contributed by atoms with Gasteiger partial charge < -0.3 is 10.1 Å². The van der Waals surface area contributed by atoms with Crippen molar-refractivity contribution in [1.29, 1.82) is 0 Å². The van der Waals surface area contributed by atoms with Crippen LogP contribution in [0.5, 0.6) is 5.75 Å². The van der Waals surface area contributed by atoms with Crippen molar-refractivity contribution in [3.05, 3.63) is 57.6 Å². The molecule has 4 heteroatoms. The molecule has 1 amide bonds. The van der Waals surface area contributed by atoms with Gasteiger partial charge in [-0.15, -0.1) is 0 Å². The fraction of sp³-hybridized carbons (Fsp3) is 0.188. The lowest BCUT2D eigenvalue weighted by Crippen LogP contribution is -2.13. The second-order valence-electron chi connectivity index (χ2n) is 4.60. The summed E-state index contributed by atoms with van der Waals surface area (Å²) >= 11 is 3.36. The Morgan fingerprint density at radius 3 is 2.50 bits per heavy atom. The van der Waals surface area contributed by atoms with E-state index in [1.807, 2.05) is 38.1 Å². The zero-order valence-electron chi connectivity index (χ0n) is 11.7. The van der Waals surface area contributed by atoms with Crippen LogP contribution in [0.2, 0.25) is 0 Å². The summed E-state index contributed by atoms with van der Waals surface area (Å²) in [7, 11) is 1.55. The molecule has 0 saturated heterocycles. The number of halogens is 1. The highest BCUT2D eigenvalue weighted by Crippen LogP contribution is 2.24. The van der Waals surface area contributed by atoms with Crippen LogP contribution < -0.4 is 10.1 Å². The Kier molecular flexibility index (Phi) is 4.45. The number of amides is 1. The molecule has 2 aromatic carbocycles.